The lowest BCUT2D eigenvalue weighted by Crippen LogP contribution is -2.00. The lowest BCUT2D eigenvalue weighted by molar-refractivity contribution is -0.136. The first-order valence-electron chi connectivity index (χ1n) is 3.67. The van der Waals surface area contributed by atoms with Crippen molar-refractivity contribution in [3.8, 4) is 5.75 Å². The second-order valence-electron chi connectivity index (χ2n) is 2.57. The fourth-order valence-corrected chi connectivity index (χ4v) is 1.72. The number of carboxylic acids is 1. The minimum Gasteiger partial charge on any atom is -0.497 e. The topological polar surface area (TPSA) is 46.5 Å². The van der Waals surface area contributed by atoms with Crippen LogP contribution in [0.3, 0.4) is 0 Å². The van der Waals surface area contributed by atoms with Gasteiger partial charge in [-0.25, -0.2) is 0 Å². The normalized spacial score (nSPS) is 9.69. The van der Waals surface area contributed by atoms with Gasteiger partial charge in [0.2, 0.25) is 0 Å². The molecule has 13 heavy (non-hydrogen) atoms. The molecule has 1 rings (SSSR count). The summed E-state index contributed by atoms with van der Waals surface area (Å²) in [6.07, 6.45) is 0.0349. The van der Waals surface area contributed by atoms with Gasteiger partial charge in [0.15, 0.2) is 0 Å². The molecule has 70 valence electrons. The average molecular weight is 292 g/mol. The molecule has 0 spiro atoms. The van der Waals surface area contributed by atoms with Gasteiger partial charge in [-0.15, -0.1) is 0 Å². The Bertz CT molecular complexity index is 323. The SMILES string of the molecule is COc1cc(I)cc(CC(=O)O)c1. The van der Waals surface area contributed by atoms with Crippen LogP contribution in [0.2, 0.25) is 0 Å². The summed E-state index contributed by atoms with van der Waals surface area (Å²) in [7, 11) is 1.57. The van der Waals surface area contributed by atoms with E-state index in [-0.39, 0.29) is 6.42 Å². The van der Waals surface area contributed by atoms with E-state index in [1.165, 1.54) is 0 Å². The zero-order valence-electron chi connectivity index (χ0n) is 7.08. The van der Waals surface area contributed by atoms with Crippen LogP contribution in [-0.2, 0) is 11.2 Å². The fraction of sp³-hybridized carbons (Fsp3) is 0.222. The Kier molecular flexibility index (Phi) is 3.53. The molecule has 1 aromatic carbocycles. The van der Waals surface area contributed by atoms with E-state index in [1.807, 2.05) is 12.1 Å². The molecule has 0 amide bonds. The number of hydrogen-bond donors (Lipinski definition) is 1. The van der Waals surface area contributed by atoms with Gasteiger partial charge in [0, 0.05) is 3.57 Å². The Labute approximate surface area is 89.9 Å². The Morgan fingerprint density at radius 1 is 1.54 bits per heavy atom. The van der Waals surface area contributed by atoms with Crippen molar-refractivity contribution in [1.82, 2.24) is 0 Å². The van der Waals surface area contributed by atoms with E-state index < -0.39 is 5.97 Å². The van der Waals surface area contributed by atoms with Crippen LogP contribution in [0.15, 0.2) is 18.2 Å². The maximum absolute atomic E-state index is 10.4. The van der Waals surface area contributed by atoms with Crippen LogP contribution < -0.4 is 4.74 Å². The van der Waals surface area contributed by atoms with Crippen molar-refractivity contribution in [3.05, 3.63) is 27.3 Å². The number of benzene rings is 1. The molecule has 0 unspecified atom stereocenters. The van der Waals surface area contributed by atoms with Gasteiger partial charge in [0.1, 0.15) is 5.75 Å². The Hall–Kier alpha value is -0.780. The van der Waals surface area contributed by atoms with Crippen LogP contribution in [0.1, 0.15) is 5.56 Å². The molecule has 0 bridgehead atoms. The third-order valence-corrected chi connectivity index (χ3v) is 2.14. The molecule has 0 atom stereocenters. The first-order chi connectivity index (χ1) is 6.11. The maximum atomic E-state index is 10.4. The fourth-order valence-electron chi connectivity index (χ4n) is 1.02. The van der Waals surface area contributed by atoms with Gasteiger partial charge in [0.25, 0.3) is 0 Å². The van der Waals surface area contributed by atoms with Crippen molar-refractivity contribution in [2.24, 2.45) is 0 Å². The minimum absolute atomic E-state index is 0.0349. The van der Waals surface area contributed by atoms with E-state index in [4.69, 9.17) is 9.84 Å². The van der Waals surface area contributed by atoms with Gasteiger partial charge in [-0.3, -0.25) is 4.79 Å². The lowest BCUT2D eigenvalue weighted by atomic mass is 10.1. The van der Waals surface area contributed by atoms with Crippen LogP contribution in [0.4, 0.5) is 0 Å². The molecule has 0 aromatic heterocycles. The zero-order chi connectivity index (χ0) is 9.84. The number of carbonyl (C=O) groups is 1. The first-order valence-corrected chi connectivity index (χ1v) is 4.75. The molecule has 0 aliphatic carbocycles. The molecule has 4 heteroatoms. The van der Waals surface area contributed by atoms with E-state index in [0.29, 0.717) is 5.75 Å². The van der Waals surface area contributed by atoms with Gasteiger partial charge in [0.05, 0.1) is 13.5 Å². The molecule has 1 aromatic rings. The van der Waals surface area contributed by atoms with Gasteiger partial charge in [-0.1, -0.05) is 0 Å². The summed E-state index contributed by atoms with van der Waals surface area (Å²) in [5.74, 6) is -0.132. The van der Waals surface area contributed by atoms with E-state index >= 15 is 0 Å². The smallest absolute Gasteiger partial charge is 0.307 e. The highest BCUT2D eigenvalue weighted by Crippen LogP contribution is 2.18. The zero-order valence-corrected chi connectivity index (χ0v) is 9.24. The summed E-state index contributed by atoms with van der Waals surface area (Å²) >= 11 is 2.13. The molecule has 0 saturated heterocycles. The van der Waals surface area contributed by atoms with Crippen LogP contribution in [-0.4, -0.2) is 18.2 Å². The minimum atomic E-state index is -0.830. The summed E-state index contributed by atoms with van der Waals surface area (Å²) in [5.41, 5.74) is 0.760. The molecule has 0 aliphatic heterocycles. The van der Waals surface area contributed by atoms with Crippen LogP contribution in [0.25, 0.3) is 0 Å². The van der Waals surface area contributed by atoms with Crippen molar-refractivity contribution in [2.45, 2.75) is 6.42 Å². The summed E-state index contributed by atoms with van der Waals surface area (Å²) in [5, 5.41) is 8.58. The predicted molar refractivity (Wildman–Crippen MR) is 57.1 cm³/mol. The molecule has 0 fully saturated rings. The summed E-state index contributed by atoms with van der Waals surface area (Å²) < 4.78 is 6.00. The second kappa shape index (κ2) is 4.45. The van der Waals surface area contributed by atoms with Gasteiger partial charge >= 0.3 is 5.97 Å². The third-order valence-electron chi connectivity index (χ3n) is 1.52. The van der Waals surface area contributed by atoms with Crippen LogP contribution in [0, 0.1) is 3.57 Å². The van der Waals surface area contributed by atoms with E-state index in [0.717, 1.165) is 9.13 Å². The first kappa shape index (κ1) is 10.3. The third kappa shape index (κ3) is 3.22. The summed E-state index contributed by atoms with van der Waals surface area (Å²) in [4.78, 5) is 10.4. The largest absolute Gasteiger partial charge is 0.497 e. The highest BCUT2D eigenvalue weighted by Gasteiger charge is 2.03. The predicted octanol–water partition coefficient (Wildman–Crippen LogP) is 1.93. The van der Waals surface area contributed by atoms with Gasteiger partial charge in [-0.2, -0.15) is 0 Å². The van der Waals surface area contributed by atoms with Gasteiger partial charge < -0.3 is 9.84 Å². The number of ether oxygens (including phenoxy) is 1. The number of rotatable bonds is 3. The highest BCUT2D eigenvalue weighted by atomic mass is 127. The molecular weight excluding hydrogens is 283 g/mol. The monoisotopic (exact) mass is 292 g/mol. The number of methoxy groups -OCH3 is 1. The molecular formula is C9H9IO3. The lowest BCUT2D eigenvalue weighted by Gasteiger charge is -2.03. The Morgan fingerprint density at radius 3 is 2.77 bits per heavy atom. The molecule has 3 nitrogen and oxygen atoms in total. The number of carboxylic acid groups (broad SMARTS) is 1. The van der Waals surface area contributed by atoms with Crippen molar-refractivity contribution in [1.29, 1.82) is 0 Å². The number of halogens is 1. The van der Waals surface area contributed by atoms with Crippen LogP contribution in [0.5, 0.6) is 5.75 Å². The summed E-state index contributed by atoms with van der Waals surface area (Å²) in [6.45, 7) is 0. The molecule has 1 N–H and O–H groups in total. The quantitative estimate of drug-likeness (QED) is 0.866. The highest BCUT2D eigenvalue weighted by molar-refractivity contribution is 14.1. The van der Waals surface area contributed by atoms with Crippen molar-refractivity contribution < 1.29 is 14.6 Å². The van der Waals surface area contributed by atoms with Crippen molar-refractivity contribution in [3.63, 3.8) is 0 Å². The molecule has 0 heterocycles. The van der Waals surface area contributed by atoms with Crippen molar-refractivity contribution in [2.75, 3.05) is 7.11 Å². The van der Waals surface area contributed by atoms with Gasteiger partial charge in [-0.05, 0) is 46.4 Å². The molecule has 0 saturated carbocycles. The number of hydrogen-bond acceptors (Lipinski definition) is 2. The second-order valence-corrected chi connectivity index (χ2v) is 3.82. The Balaban J connectivity index is 2.94. The standard InChI is InChI=1S/C9H9IO3/c1-13-8-3-6(4-9(11)12)2-7(10)5-8/h2-3,5H,4H2,1H3,(H,11,12). The van der Waals surface area contributed by atoms with E-state index in [9.17, 15) is 4.79 Å². The molecule has 0 radical (unpaired) electrons. The Morgan fingerprint density at radius 2 is 2.23 bits per heavy atom. The van der Waals surface area contributed by atoms with E-state index in [2.05, 4.69) is 22.6 Å². The van der Waals surface area contributed by atoms with Crippen LogP contribution >= 0.6 is 22.6 Å². The number of aliphatic carboxylic acids is 1. The van der Waals surface area contributed by atoms with E-state index in [1.54, 1.807) is 13.2 Å². The summed E-state index contributed by atoms with van der Waals surface area (Å²) in [6, 6.07) is 5.42. The molecule has 0 aliphatic rings. The average Bonchev–Trinajstić information content (AvgIpc) is 2.01. The van der Waals surface area contributed by atoms with Crippen molar-refractivity contribution >= 4 is 28.6 Å². The maximum Gasteiger partial charge on any atom is 0.307 e.